The summed E-state index contributed by atoms with van der Waals surface area (Å²) in [7, 11) is 3.46. The third kappa shape index (κ3) is 7.26. The topological polar surface area (TPSA) is 83.7 Å². The van der Waals surface area contributed by atoms with Gasteiger partial charge in [0.2, 0.25) is 11.8 Å². The Bertz CT molecular complexity index is 878. The molecule has 0 unspecified atom stereocenters. The number of benzene rings is 1. The Morgan fingerprint density at radius 3 is 2.09 bits per heavy atom. The van der Waals surface area contributed by atoms with Crippen LogP contribution in [0.25, 0.3) is 0 Å². The van der Waals surface area contributed by atoms with E-state index in [1.807, 2.05) is 71.0 Å². The standard InChI is InChI=1S/C29H47N3O3/c1-10-22(20-33)18-24(17-21(3)4)31(8)27(35)29(7,28(5,6)11-2)32(9)26(34)25(30)19-23-15-13-12-14-16-23/h12-16,18,20-21,24-25H,10-11,17,19,30H2,1-9H3/b22-18+/t24-,25-,29+/m0/s1. The molecule has 0 aliphatic heterocycles. The highest BCUT2D eigenvalue weighted by atomic mass is 16.2. The third-order valence-electron chi connectivity index (χ3n) is 7.73. The van der Waals surface area contributed by atoms with E-state index in [1.165, 1.54) is 0 Å². The highest BCUT2D eigenvalue weighted by Crippen LogP contribution is 2.40. The Hall–Kier alpha value is -2.47. The lowest BCUT2D eigenvalue weighted by molar-refractivity contribution is -0.161. The van der Waals surface area contributed by atoms with Gasteiger partial charge >= 0.3 is 0 Å². The molecule has 0 bridgehead atoms. The van der Waals surface area contributed by atoms with E-state index >= 15 is 0 Å². The van der Waals surface area contributed by atoms with E-state index in [4.69, 9.17) is 5.73 Å². The number of allylic oxidation sites excluding steroid dienone is 1. The van der Waals surface area contributed by atoms with Gasteiger partial charge in [0.1, 0.15) is 11.8 Å². The summed E-state index contributed by atoms with van der Waals surface area (Å²) in [4.78, 5) is 42.6. The van der Waals surface area contributed by atoms with E-state index in [2.05, 4.69) is 13.8 Å². The molecule has 6 nitrogen and oxygen atoms in total. The molecule has 0 saturated carbocycles. The van der Waals surface area contributed by atoms with Crippen LogP contribution in [0.1, 0.15) is 73.3 Å². The van der Waals surface area contributed by atoms with Gasteiger partial charge in [0.25, 0.3) is 0 Å². The van der Waals surface area contributed by atoms with Crippen molar-refractivity contribution in [2.24, 2.45) is 17.1 Å². The zero-order chi connectivity index (χ0) is 27.0. The number of aldehydes is 1. The summed E-state index contributed by atoms with van der Waals surface area (Å²) in [6, 6.07) is 8.65. The summed E-state index contributed by atoms with van der Waals surface area (Å²) in [5, 5.41) is 0. The minimum Gasteiger partial charge on any atom is -0.337 e. The van der Waals surface area contributed by atoms with Crippen molar-refractivity contribution in [1.82, 2.24) is 9.80 Å². The van der Waals surface area contributed by atoms with E-state index in [1.54, 1.807) is 23.9 Å². The van der Waals surface area contributed by atoms with Crippen LogP contribution in [0, 0.1) is 11.3 Å². The molecule has 1 aromatic rings. The Morgan fingerprint density at radius 2 is 1.63 bits per heavy atom. The van der Waals surface area contributed by atoms with Gasteiger partial charge in [-0.1, -0.05) is 78.0 Å². The highest BCUT2D eigenvalue weighted by Gasteiger charge is 2.53. The maximum absolute atomic E-state index is 14.3. The monoisotopic (exact) mass is 485 g/mol. The summed E-state index contributed by atoms with van der Waals surface area (Å²) < 4.78 is 0. The first kappa shape index (κ1) is 30.6. The molecular weight excluding hydrogens is 438 g/mol. The molecule has 2 N–H and O–H groups in total. The van der Waals surface area contributed by atoms with Crippen molar-refractivity contribution >= 4 is 18.1 Å². The molecule has 0 aliphatic carbocycles. The minimum atomic E-state index is -1.14. The van der Waals surface area contributed by atoms with E-state index in [9.17, 15) is 14.4 Å². The molecule has 6 heteroatoms. The maximum Gasteiger partial charge on any atom is 0.249 e. The average Bonchev–Trinajstić information content (AvgIpc) is 2.84. The van der Waals surface area contributed by atoms with Crippen molar-refractivity contribution < 1.29 is 14.4 Å². The second-order valence-electron chi connectivity index (χ2n) is 10.8. The molecule has 0 fully saturated rings. The number of hydrogen-bond donors (Lipinski definition) is 1. The van der Waals surface area contributed by atoms with Crippen molar-refractivity contribution in [3.05, 3.63) is 47.5 Å². The molecule has 0 aromatic heterocycles. The van der Waals surface area contributed by atoms with Crippen LogP contribution in [0.15, 0.2) is 42.0 Å². The van der Waals surface area contributed by atoms with Crippen LogP contribution in [0.5, 0.6) is 0 Å². The predicted molar refractivity (Wildman–Crippen MR) is 144 cm³/mol. The predicted octanol–water partition coefficient (Wildman–Crippen LogP) is 4.62. The van der Waals surface area contributed by atoms with Crippen LogP contribution < -0.4 is 5.73 Å². The zero-order valence-corrected chi connectivity index (χ0v) is 23.3. The molecule has 1 aromatic carbocycles. The number of hydrogen-bond acceptors (Lipinski definition) is 4. The van der Waals surface area contributed by atoms with Crippen molar-refractivity contribution in [1.29, 1.82) is 0 Å². The molecule has 0 radical (unpaired) electrons. The van der Waals surface area contributed by atoms with Crippen LogP contribution >= 0.6 is 0 Å². The molecule has 2 amide bonds. The van der Waals surface area contributed by atoms with Crippen LogP contribution in [0.2, 0.25) is 0 Å². The van der Waals surface area contributed by atoms with Crippen LogP contribution in [-0.4, -0.2) is 59.6 Å². The van der Waals surface area contributed by atoms with Gasteiger partial charge in [-0.05, 0) is 55.1 Å². The van der Waals surface area contributed by atoms with E-state index in [0.717, 1.165) is 11.8 Å². The number of nitrogens with zero attached hydrogens (tertiary/aromatic N) is 2. The smallest absolute Gasteiger partial charge is 0.249 e. The van der Waals surface area contributed by atoms with Gasteiger partial charge in [-0.15, -0.1) is 0 Å². The second-order valence-corrected chi connectivity index (χ2v) is 10.8. The zero-order valence-electron chi connectivity index (χ0n) is 23.3. The van der Waals surface area contributed by atoms with Crippen molar-refractivity contribution in [3.63, 3.8) is 0 Å². The third-order valence-corrected chi connectivity index (χ3v) is 7.73. The summed E-state index contributed by atoms with van der Waals surface area (Å²) in [5.41, 5.74) is 6.35. The fraction of sp³-hybridized carbons (Fsp3) is 0.621. The summed E-state index contributed by atoms with van der Waals surface area (Å²) >= 11 is 0. The molecule has 0 aliphatic rings. The van der Waals surface area contributed by atoms with Gasteiger partial charge in [0, 0.05) is 14.1 Å². The Kier molecular flexibility index (Phi) is 11.4. The van der Waals surface area contributed by atoms with E-state index in [0.29, 0.717) is 37.2 Å². The summed E-state index contributed by atoms with van der Waals surface area (Å²) in [6.45, 7) is 14.0. The quantitative estimate of drug-likeness (QED) is 0.326. The fourth-order valence-corrected chi connectivity index (χ4v) is 4.46. The molecule has 0 saturated heterocycles. The van der Waals surface area contributed by atoms with Crippen LogP contribution in [0.4, 0.5) is 0 Å². The Labute approximate surface area is 212 Å². The number of likely N-dealkylation sites (N-methyl/N-ethyl adjacent to an activating group) is 2. The number of carbonyl (C=O) groups excluding carboxylic acids is 3. The average molecular weight is 486 g/mol. The summed E-state index contributed by atoms with van der Waals surface area (Å²) in [5.74, 6) is -0.103. The first-order valence-corrected chi connectivity index (χ1v) is 12.8. The first-order valence-electron chi connectivity index (χ1n) is 12.8. The van der Waals surface area contributed by atoms with E-state index in [-0.39, 0.29) is 17.9 Å². The van der Waals surface area contributed by atoms with Crippen molar-refractivity contribution in [3.8, 4) is 0 Å². The van der Waals surface area contributed by atoms with E-state index < -0.39 is 17.0 Å². The highest BCUT2D eigenvalue weighted by molar-refractivity contribution is 5.93. The first-order chi connectivity index (χ1) is 16.3. The molecule has 0 spiro atoms. The largest absolute Gasteiger partial charge is 0.337 e. The number of rotatable bonds is 13. The van der Waals surface area contributed by atoms with Crippen LogP contribution in [-0.2, 0) is 20.8 Å². The molecule has 1 rings (SSSR count). The van der Waals surface area contributed by atoms with Gasteiger partial charge in [-0.2, -0.15) is 0 Å². The molecule has 196 valence electrons. The molecule has 3 atom stereocenters. The molecule has 0 heterocycles. The lowest BCUT2D eigenvalue weighted by Crippen LogP contribution is -2.67. The number of amides is 2. The Morgan fingerprint density at radius 1 is 1.06 bits per heavy atom. The van der Waals surface area contributed by atoms with Gasteiger partial charge in [0.15, 0.2) is 0 Å². The van der Waals surface area contributed by atoms with Gasteiger partial charge in [-0.25, -0.2) is 0 Å². The molecular formula is C29H47N3O3. The second kappa shape index (κ2) is 13.0. The summed E-state index contributed by atoms with van der Waals surface area (Å²) in [6.07, 6.45) is 5.16. The van der Waals surface area contributed by atoms with Crippen molar-refractivity contribution in [2.45, 2.75) is 91.8 Å². The lowest BCUT2D eigenvalue weighted by Gasteiger charge is -2.51. The SMILES string of the molecule is CC/C(C=O)=C\[C@H](CC(C)C)N(C)C(=O)[C@@](C)(N(C)C(=O)[C@@H](N)Cc1ccccc1)C(C)(C)CC. The van der Waals surface area contributed by atoms with Gasteiger partial charge in [-0.3, -0.25) is 14.4 Å². The Balaban J connectivity index is 3.42. The van der Waals surface area contributed by atoms with Gasteiger partial charge in [0.05, 0.1) is 12.1 Å². The minimum absolute atomic E-state index is 0.157. The lowest BCUT2D eigenvalue weighted by atomic mass is 9.69. The van der Waals surface area contributed by atoms with Crippen molar-refractivity contribution in [2.75, 3.05) is 14.1 Å². The fourth-order valence-electron chi connectivity index (χ4n) is 4.46. The maximum atomic E-state index is 14.3. The van der Waals surface area contributed by atoms with Crippen LogP contribution in [0.3, 0.4) is 0 Å². The van der Waals surface area contributed by atoms with Gasteiger partial charge < -0.3 is 15.5 Å². The molecule has 35 heavy (non-hydrogen) atoms. The number of nitrogens with two attached hydrogens (primary N) is 1. The normalized spacial score (nSPS) is 15.8. The number of carbonyl (C=O) groups is 3.